The first kappa shape index (κ1) is 19.2. The summed E-state index contributed by atoms with van der Waals surface area (Å²) >= 11 is 0. The van der Waals surface area contributed by atoms with Crippen LogP contribution in [0.25, 0.3) is 5.69 Å². The number of hydrogen-bond donors (Lipinski definition) is 1. The average molecular weight is 395 g/mol. The SMILES string of the molecule is CCNC(=NCc1ccc(-n2ccnc2)c(F)c1)N1CCC(c2cnn(C)c2)C1. The van der Waals surface area contributed by atoms with Crippen molar-refractivity contribution in [3.8, 4) is 5.69 Å². The number of nitrogens with one attached hydrogen (secondary N) is 1. The number of imidazole rings is 1. The number of aryl methyl sites for hydroxylation is 1. The lowest BCUT2D eigenvalue weighted by Crippen LogP contribution is -2.40. The molecule has 1 aliphatic rings. The number of guanidine groups is 1. The lowest BCUT2D eigenvalue weighted by Gasteiger charge is -2.21. The molecule has 0 saturated carbocycles. The normalized spacial score (nSPS) is 17.1. The minimum Gasteiger partial charge on any atom is -0.357 e. The Bertz CT molecular complexity index is 977. The van der Waals surface area contributed by atoms with Crippen LogP contribution in [-0.4, -0.2) is 49.8 Å². The van der Waals surface area contributed by atoms with Crippen molar-refractivity contribution in [2.75, 3.05) is 19.6 Å². The maximum Gasteiger partial charge on any atom is 0.194 e. The van der Waals surface area contributed by atoms with E-state index in [1.54, 1.807) is 35.4 Å². The second kappa shape index (κ2) is 8.46. The Balaban J connectivity index is 1.45. The molecule has 0 spiro atoms. The highest BCUT2D eigenvalue weighted by molar-refractivity contribution is 5.80. The molecule has 29 heavy (non-hydrogen) atoms. The second-order valence-electron chi connectivity index (χ2n) is 7.30. The second-order valence-corrected chi connectivity index (χ2v) is 7.30. The predicted octanol–water partition coefficient (Wildman–Crippen LogP) is 2.70. The average Bonchev–Trinajstić information content (AvgIpc) is 3.46. The van der Waals surface area contributed by atoms with E-state index < -0.39 is 0 Å². The summed E-state index contributed by atoms with van der Waals surface area (Å²) in [5, 5.41) is 7.66. The Morgan fingerprint density at radius 1 is 1.38 bits per heavy atom. The van der Waals surface area contributed by atoms with Gasteiger partial charge in [-0.05, 0) is 36.6 Å². The molecule has 1 unspecified atom stereocenters. The number of rotatable bonds is 5. The van der Waals surface area contributed by atoms with Gasteiger partial charge in [0, 0.05) is 51.2 Å². The highest BCUT2D eigenvalue weighted by Gasteiger charge is 2.26. The van der Waals surface area contributed by atoms with Crippen molar-refractivity contribution in [1.29, 1.82) is 0 Å². The third-order valence-corrected chi connectivity index (χ3v) is 5.22. The monoisotopic (exact) mass is 395 g/mol. The van der Waals surface area contributed by atoms with Crippen LogP contribution in [0, 0.1) is 5.82 Å². The molecular formula is C21H26FN7. The highest BCUT2D eigenvalue weighted by Crippen LogP contribution is 2.26. The van der Waals surface area contributed by atoms with E-state index in [-0.39, 0.29) is 5.82 Å². The van der Waals surface area contributed by atoms with Gasteiger partial charge in [0.25, 0.3) is 0 Å². The van der Waals surface area contributed by atoms with Crippen LogP contribution >= 0.6 is 0 Å². The standard InChI is InChI=1S/C21H26FN7/c1-3-24-21(28-8-6-17(14-28)18-12-26-27(2)13-18)25-11-16-4-5-20(19(22)10-16)29-9-7-23-15-29/h4-5,7,9-10,12-13,15,17H,3,6,8,11,14H2,1-2H3,(H,24,25). The molecule has 4 rings (SSSR count). The maximum absolute atomic E-state index is 14.5. The first-order chi connectivity index (χ1) is 14.1. The van der Waals surface area contributed by atoms with E-state index in [2.05, 4.69) is 33.4 Å². The molecule has 3 aromatic rings. The molecule has 0 radical (unpaired) electrons. The van der Waals surface area contributed by atoms with E-state index in [4.69, 9.17) is 4.99 Å². The molecule has 2 aromatic heterocycles. The summed E-state index contributed by atoms with van der Waals surface area (Å²) in [5.41, 5.74) is 2.59. The van der Waals surface area contributed by atoms with Gasteiger partial charge >= 0.3 is 0 Å². The third-order valence-electron chi connectivity index (χ3n) is 5.22. The first-order valence-electron chi connectivity index (χ1n) is 9.92. The Labute approximate surface area is 169 Å². The molecule has 1 N–H and O–H groups in total. The van der Waals surface area contributed by atoms with Crippen molar-refractivity contribution in [1.82, 2.24) is 29.5 Å². The third kappa shape index (κ3) is 4.31. The zero-order chi connectivity index (χ0) is 20.2. The van der Waals surface area contributed by atoms with Gasteiger partial charge in [0.05, 0.1) is 24.8 Å². The summed E-state index contributed by atoms with van der Waals surface area (Å²) < 4.78 is 18.0. The zero-order valence-corrected chi connectivity index (χ0v) is 16.8. The number of benzene rings is 1. The molecule has 1 atom stereocenters. The molecule has 7 nitrogen and oxygen atoms in total. The molecule has 0 bridgehead atoms. The van der Waals surface area contributed by atoms with Crippen molar-refractivity contribution in [3.63, 3.8) is 0 Å². The van der Waals surface area contributed by atoms with Crippen LogP contribution in [0.3, 0.4) is 0 Å². The number of aromatic nitrogens is 4. The van der Waals surface area contributed by atoms with Gasteiger partial charge in [-0.1, -0.05) is 6.07 Å². The number of nitrogens with zero attached hydrogens (tertiary/aromatic N) is 6. The number of halogens is 1. The Kier molecular flexibility index (Phi) is 5.59. The lowest BCUT2D eigenvalue weighted by molar-refractivity contribution is 0.486. The van der Waals surface area contributed by atoms with Crippen molar-refractivity contribution in [2.45, 2.75) is 25.8 Å². The van der Waals surface area contributed by atoms with E-state index in [0.29, 0.717) is 18.2 Å². The van der Waals surface area contributed by atoms with Crippen molar-refractivity contribution >= 4 is 5.96 Å². The molecule has 1 aromatic carbocycles. The molecule has 1 fully saturated rings. The summed E-state index contributed by atoms with van der Waals surface area (Å²) in [7, 11) is 1.94. The maximum atomic E-state index is 14.5. The smallest absolute Gasteiger partial charge is 0.194 e. The first-order valence-corrected chi connectivity index (χ1v) is 9.92. The fourth-order valence-electron chi connectivity index (χ4n) is 3.73. The molecule has 1 saturated heterocycles. The van der Waals surface area contributed by atoms with E-state index >= 15 is 0 Å². The van der Waals surface area contributed by atoms with Gasteiger partial charge in [-0.25, -0.2) is 14.4 Å². The molecule has 152 valence electrons. The fourth-order valence-corrected chi connectivity index (χ4v) is 3.73. The number of hydrogen-bond acceptors (Lipinski definition) is 3. The van der Waals surface area contributed by atoms with Gasteiger partial charge in [0.1, 0.15) is 5.82 Å². The summed E-state index contributed by atoms with van der Waals surface area (Å²) in [6.45, 7) is 5.13. The number of likely N-dealkylation sites (tertiary alicyclic amines) is 1. The van der Waals surface area contributed by atoms with Crippen LogP contribution in [0.1, 0.15) is 30.4 Å². The van der Waals surface area contributed by atoms with E-state index in [1.165, 1.54) is 5.56 Å². The van der Waals surface area contributed by atoms with Gasteiger partial charge in [0.15, 0.2) is 5.96 Å². The molecule has 0 amide bonds. The Hall–Kier alpha value is -3.16. The minimum absolute atomic E-state index is 0.279. The van der Waals surface area contributed by atoms with Crippen LogP contribution < -0.4 is 5.32 Å². The predicted molar refractivity (Wildman–Crippen MR) is 110 cm³/mol. The van der Waals surface area contributed by atoms with Gasteiger partial charge in [-0.2, -0.15) is 5.10 Å². The minimum atomic E-state index is -0.279. The quantitative estimate of drug-likeness (QED) is 0.533. The Morgan fingerprint density at radius 3 is 2.97 bits per heavy atom. The molecule has 0 aliphatic carbocycles. The van der Waals surface area contributed by atoms with Crippen LogP contribution in [0.15, 0.2) is 54.3 Å². The summed E-state index contributed by atoms with van der Waals surface area (Å²) in [6, 6.07) is 5.22. The molecule has 1 aliphatic heterocycles. The van der Waals surface area contributed by atoms with Crippen molar-refractivity contribution in [3.05, 3.63) is 66.3 Å². The molecule has 8 heteroatoms. The van der Waals surface area contributed by atoms with Crippen molar-refractivity contribution in [2.24, 2.45) is 12.0 Å². The van der Waals surface area contributed by atoms with Crippen molar-refractivity contribution < 1.29 is 4.39 Å². The summed E-state index contributed by atoms with van der Waals surface area (Å²) in [4.78, 5) is 11.0. The molecule has 3 heterocycles. The van der Waals surface area contributed by atoms with Gasteiger partial charge in [0.2, 0.25) is 0 Å². The van der Waals surface area contributed by atoms with Crippen LogP contribution in [0.2, 0.25) is 0 Å². The largest absolute Gasteiger partial charge is 0.357 e. The Morgan fingerprint density at radius 2 is 2.28 bits per heavy atom. The fraction of sp³-hybridized carbons (Fsp3) is 0.381. The van der Waals surface area contributed by atoms with Crippen LogP contribution in [-0.2, 0) is 13.6 Å². The van der Waals surface area contributed by atoms with E-state index in [9.17, 15) is 4.39 Å². The highest BCUT2D eigenvalue weighted by atomic mass is 19.1. The zero-order valence-electron chi connectivity index (χ0n) is 16.8. The summed E-state index contributed by atoms with van der Waals surface area (Å²) in [6.07, 6.45) is 10.1. The van der Waals surface area contributed by atoms with E-state index in [1.807, 2.05) is 24.0 Å². The van der Waals surface area contributed by atoms with E-state index in [0.717, 1.165) is 37.6 Å². The summed E-state index contributed by atoms with van der Waals surface area (Å²) in [5.74, 6) is 1.05. The molecular weight excluding hydrogens is 369 g/mol. The van der Waals surface area contributed by atoms with Crippen LogP contribution in [0.5, 0.6) is 0 Å². The van der Waals surface area contributed by atoms with Gasteiger partial charge in [-0.15, -0.1) is 0 Å². The van der Waals surface area contributed by atoms with Gasteiger partial charge in [-0.3, -0.25) is 4.68 Å². The number of aliphatic imine (C=N–C) groups is 1. The van der Waals surface area contributed by atoms with Crippen LogP contribution in [0.4, 0.5) is 4.39 Å². The van der Waals surface area contributed by atoms with Gasteiger partial charge < -0.3 is 14.8 Å². The lowest BCUT2D eigenvalue weighted by atomic mass is 10.0. The topological polar surface area (TPSA) is 63.3 Å².